The van der Waals surface area contributed by atoms with Gasteiger partial charge >= 0.3 is 0 Å². The van der Waals surface area contributed by atoms with E-state index in [4.69, 9.17) is 0 Å². The highest BCUT2D eigenvalue weighted by molar-refractivity contribution is 7.15. The van der Waals surface area contributed by atoms with Crippen molar-refractivity contribution in [2.24, 2.45) is 0 Å². The summed E-state index contributed by atoms with van der Waals surface area (Å²) < 4.78 is 0. The summed E-state index contributed by atoms with van der Waals surface area (Å²) in [4.78, 5) is 8.10. The summed E-state index contributed by atoms with van der Waals surface area (Å²) in [6.07, 6.45) is 1.99. The molecule has 0 bridgehead atoms. The number of hydrogen-bond donors (Lipinski definition) is 1. The van der Waals surface area contributed by atoms with Crippen LogP contribution in [0.25, 0.3) is 0 Å². The third kappa shape index (κ3) is 4.29. The molecule has 21 heavy (non-hydrogen) atoms. The highest BCUT2D eigenvalue weighted by Gasteiger charge is 2.09. The van der Waals surface area contributed by atoms with Gasteiger partial charge < -0.3 is 10.2 Å². The number of benzene rings is 1. The maximum Gasteiger partial charge on any atom is 0.185 e. The van der Waals surface area contributed by atoms with Gasteiger partial charge in [0.2, 0.25) is 0 Å². The second-order valence-electron chi connectivity index (χ2n) is 5.29. The molecule has 2 rings (SSSR count). The quantitative estimate of drug-likeness (QED) is 0.833. The number of nitrogens with one attached hydrogen (secondary N) is 1. The summed E-state index contributed by atoms with van der Waals surface area (Å²) in [6, 6.07) is 9.07. The van der Waals surface area contributed by atoms with E-state index < -0.39 is 0 Å². The van der Waals surface area contributed by atoms with Crippen LogP contribution in [0.1, 0.15) is 42.8 Å². The fourth-order valence-electron chi connectivity index (χ4n) is 2.25. The summed E-state index contributed by atoms with van der Waals surface area (Å²) in [6.45, 7) is 11.6. The van der Waals surface area contributed by atoms with Crippen LogP contribution in [0.2, 0.25) is 0 Å². The molecule has 0 aliphatic carbocycles. The Kier molecular flexibility index (Phi) is 5.76. The zero-order valence-corrected chi connectivity index (χ0v) is 14.2. The van der Waals surface area contributed by atoms with Gasteiger partial charge in [-0.2, -0.15) is 0 Å². The van der Waals surface area contributed by atoms with Crippen LogP contribution in [-0.2, 0) is 6.54 Å². The summed E-state index contributed by atoms with van der Waals surface area (Å²) in [5, 5.41) is 4.70. The van der Waals surface area contributed by atoms with Gasteiger partial charge in [0.15, 0.2) is 5.13 Å². The van der Waals surface area contributed by atoms with Crippen molar-refractivity contribution in [3.8, 4) is 0 Å². The van der Waals surface area contributed by atoms with Crippen LogP contribution in [-0.4, -0.2) is 18.1 Å². The molecule has 0 aliphatic rings. The maximum atomic E-state index is 4.52. The smallest absolute Gasteiger partial charge is 0.185 e. The molecule has 4 heteroatoms. The van der Waals surface area contributed by atoms with E-state index in [0.29, 0.717) is 6.04 Å². The van der Waals surface area contributed by atoms with Crippen LogP contribution >= 0.6 is 11.3 Å². The van der Waals surface area contributed by atoms with Crippen molar-refractivity contribution in [1.29, 1.82) is 0 Å². The van der Waals surface area contributed by atoms with Crippen molar-refractivity contribution in [1.82, 2.24) is 10.3 Å². The van der Waals surface area contributed by atoms with Crippen molar-refractivity contribution in [2.45, 2.75) is 40.3 Å². The lowest BCUT2D eigenvalue weighted by atomic mass is 10.1. The highest BCUT2D eigenvalue weighted by Crippen LogP contribution is 2.23. The molecule has 2 aromatic rings. The molecule has 3 nitrogen and oxygen atoms in total. The van der Waals surface area contributed by atoms with Crippen molar-refractivity contribution in [3.05, 3.63) is 46.5 Å². The van der Waals surface area contributed by atoms with Crippen LogP contribution in [0.5, 0.6) is 0 Å². The Hall–Kier alpha value is -1.39. The molecule has 1 N–H and O–H groups in total. The maximum absolute atomic E-state index is 4.52. The van der Waals surface area contributed by atoms with Gasteiger partial charge in [-0.05, 0) is 33.3 Å². The van der Waals surface area contributed by atoms with E-state index in [2.05, 4.69) is 67.2 Å². The number of aromatic nitrogens is 1. The Labute approximate surface area is 132 Å². The average molecular weight is 303 g/mol. The van der Waals surface area contributed by atoms with Crippen LogP contribution < -0.4 is 10.2 Å². The second-order valence-corrected chi connectivity index (χ2v) is 6.39. The summed E-state index contributed by atoms with van der Waals surface area (Å²) >= 11 is 1.78. The van der Waals surface area contributed by atoms with Crippen molar-refractivity contribution >= 4 is 16.5 Å². The van der Waals surface area contributed by atoms with Gasteiger partial charge in [-0.1, -0.05) is 29.8 Å². The Morgan fingerprint density at radius 1 is 1.19 bits per heavy atom. The molecule has 1 atom stereocenters. The van der Waals surface area contributed by atoms with Crippen LogP contribution in [0, 0.1) is 6.92 Å². The number of thiazole rings is 1. The van der Waals surface area contributed by atoms with Crippen molar-refractivity contribution < 1.29 is 0 Å². The fraction of sp³-hybridized carbons (Fsp3) is 0.471. The minimum Gasteiger partial charge on any atom is -0.349 e. The molecule has 1 unspecified atom stereocenters. The Balaban J connectivity index is 1.92. The first-order valence-corrected chi connectivity index (χ1v) is 8.45. The number of anilines is 1. The molecule has 1 aromatic carbocycles. The van der Waals surface area contributed by atoms with Gasteiger partial charge in [-0.25, -0.2) is 4.98 Å². The molecule has 0 saturated carbocycles. The van der Waals surface area contributed by atoms with Gasteiger partial charge in [0, 0.05) is 36.8 Å². The molecular weight excluding hydrogens is 278 g/mol. The van der Waals surface area contributed by atoms with Crippen LogP contribution in [0.3, 0.4) is 0 Å². The molecule has 0 radical (unpaired) electrons. The van der Waals surface area contributed by atoms with Crippen molar-refractivity contribution in [3.63, 3.8) is 0 Å². The summed E-state index contributed by atoms with van der Waals surface area (Å²) in [7, 11) is 0. The SMILES string of the molecule is CCN(CC)c1ncc(CNC(C)c2ccc(C)cc2)s1. The largest absolute Gasteiger partial charge is 0.349 e. The molecule has 1 heterocycles. The van der Waals surface area contributed by atoms with Gasteiger partial charge in [0.1, 0.15) is 0 Å². The summed E-state index contributed by atoms with van der Waals surface area (Å²) in [5.74, 6) is 0. The van der Waals surface area contributed by atoms with E-state index in [1.807, 2.05) is 6.20 Å². The zero-order valence-electron chi connectivity index (χ0n) is 13.4. The van der Waals surface area contributed by atoms with E-state index in [1.165, 1.54) is 16.0 Å². The van der Waals surface area contributed by atoms with Gasteiger partial charge in [0.05, 0.1) is 0 Å². The summed E-state index contributed by atoms with van der Waals surface area (Å²) in [5.41, 5.74) is 2.63. The standard InChI is InChI=1S/C17H25N3S/c1-5-20(6-2)17-19-12-16(21-17)11-18-14(4)15-9-7-13(3)8-10-15/h7-10,12,14,18H,5-6,11H2,1-4H3. The molecular formula is C17H25N3S. The average Bonchev–Trinajstić information content (AvgIpc) is 2.96. The van der Waals surface area contributed by atoms with Gasteiger partial charge in [0.25, 0.3) is 0 Å². The van der Waals surface area contributed by atoms with Crippen LogP contribution in [0.4, 0.5) is 5.13 Å². The fourth-order valence-corrected chi connectivity index (χ4v) is 3.23. The van der Waals surface area contributed by atoms with Gasteiger partial charge in [-0.15, -0.1) is 11.3 Å². The molecule has 0 amide bonds. The van der Waals surface area contributed by atoms with Gasteiger partial charge in [-0.3, -0.25) is 0 Å². The molecule has 1 aromatic heterocycles. The second kappa shape index (κ2) is 7.57. The van der Waals surface area contributed by atoms with E-state index in [1.54, 1.807) is 11.3 Å². The molecule has 0 saturated heterocycles. The lowest BCUT2D eigenvalue weighted by molar-refractivity contribution is 0.578. The monoisotopic (exact) mass is 303 g/mol. The lowest BCUT2D eigenvalue weighted by Crippen LogP contribution is -2.21. The Morgan fingerprint density at radius 2 is 1.86 bits per heavy atom. The third-order valence-electron chi connectivity index (χ3n) is 3.74. The van der Waals surface area contributed by atoms with Crippen molar-refractivity contribution in [2.75, 3.05) is 18.0 Å². The predicted molar refractivity (Wildman–Crippen MR) is 92.1 cm³/mol. The molecule has 0 fully saturated rings. The van der Waals surface area contributed by atoms with Crippen LogP contribution in [0.15, 0.2) is 30.5 Å². The predicted octanol–water partition coefficient (Wildman–Crippen LogP) is 4.15. The Morgan fingerprint density at radius 3 is 2.48 bits per heavy atom. The van der Waals surface area contributed by atoms with E-state index in [9.17, 15) is 0 Å². The number of rotatable bonds is 7. The first kappa shape index (κ1) is 16.0. The minimum absolute atomic E-state index is 0.351. The number of aryl methyl sites for hydroxylation is 1. The topological polar surface area (TPSA) is 28.2 Å². The van der Waals surface area contributed by atoms with E-state index in [0.717, 1.165) is 24.8 Å². The normalized spacial score (nSPS) is 12.4. The number of hydrogen-bond acceptors (Lipinski definition) is 4. The lowest BCUT2D eigenvalue weighted by Gasteiger charge is -2.16. The number of nitrogens with zero attached hydrogens (tertiary/aromatic N) is 2. The molecule has 114 valence electrons. The van der Waals surface area contributed by atoms with E-state index >= 15 is 0 Å². The first-order valence-electron chi connectivity index (χ1n) is 7.63. The molecule has 0 aliphatic heterocycles. The molecule has 0 spiro atoms. The first-order chi connectivity index (χ1) is 10.1. The van der Waals surface area contributed by atoms with E-state index in [-0.39, 0.29) is 0 Å². The Bertz CT molecular complexity index is 543. The highest BCUT2D eigenvalue weighted by atomic mass is 32.1. The third-order valence-corrected chi connectivity index (χ3v) is 4.79. The zero-order chi connectivity index (χ0) is 15.2. The minimum atomic E-state index is 0.351.